The van der Waals surface area contributed by atoms with Crippen molar-refractivity contribution in [2.45, 2.75) is 70.5 Å². The van der Waals surface area contributed by atoms with Gasteiger partial charge in [0, 0.05) is 18.1 Å². The van der Waals surface area contributed by atoms with Crippen molar-refractivity contribution in [1.29, 1.82) is 0 Å². The number of aliphatic hydroxyl groups is 1. The third-order valence-corrected chi connectivity index (χ3v) is 3.83. The standard InChI is InChI=1S/C13H28N2O/c1-3-7-12(14)13(10-16)15-9-6-4-5-8-11(15)2/h11-13,16H,3-10,14H2,1-2H3. The van der Waals surface area contributed by atoms with E-state index in [0.717, 1.165) is 19.4 Å². The zero-order valence-electron chi connectivity index (χ0n) is 10.9. The molecule has 96 valence electrons. The largest absolute Gasteiger partial charge is 0.395 e. The second-order valence-electron chi connectivity index (χ2n) is 5.14. The number of nitrogens with zero attached hydrogens (tertiary/aromatic N) is 1. The molecule has 0 bridgehead atoms. The summed E-state index contributed by atoms with van der Waals surface area (Å²) in [5.41, 5.74) is 6.18. The summed E-state index contributed by atoms with van der Waals surface area (Å²) < 4.78 is 0. The van der Waals surface area contributed by atoms with Crippen LogP contribution in [0.2, 0.25) is 0 Å². The van der Waals surface area contributed by atoms with Gasteiger partial charge in [-0.3, -0.25) is 4.90 Å². The molecule has 0 radical (unpaired) electrons. The van der Waals surface area contributed by atoms with Crippen LogP contribution in [0.4, 0.5) is 0 Å². The summed E-state index contributed by atoms with van der Waals surface area (Å²) in [6.07, 6.45) is 7.24. The average molecular weight is 228 g/mol. The first-order chi connectivity index (χ1) is 7.70. The molecule has 3 nitrogen and oxygen atoms in total. The van der Waals surface area contributed by atoms with Crippen LogP contribution in [0.3, 0.4) is 0 Å². The Hall–Kier alpha value is -0.120. The first-order valence-electron chi connectivity index (χ1n) is 6.82. The molecule has 1 rings (SSSR count). The fourth-order valence-corrected chi connectivity index (χ4v) is 2.80. The quantitative estimate of drug-likeness (QED) is 0.753. The maximum absolute atomic E-state index is 9.56. The lowest BCUT2D eigenvalue weighted by Crippen LogP contribution is -2.53. The molecule has 0 aliphatic carbocycles. The Balaban J connectivity index is 2.60. The van der Waals surface area contributed by atoms with Gasteiger partial charge in [-0.1, -0.05) is 26.2 Å². The second kappa shape index (κ2) is 7.25. The minimum absolute atomic E-state index is 0.121. The molecule has 1 aliphatic heterocycles. The summed E-state index contributed by atoms with van der Waals surface area (Å²) in [6, 6.07) is 0.853. The van der Waals surface area contributed by atoms with Crippen molar-refractivity contribution in [3.63, 3.8) is 0 Å². The summed E-state index contributed by atoms with van der Waals surface area (Å²) in [7, 11) is 0. The van der Waals surface area contributed by atoms with Gasteiger partial charge in [0.25, 0.3) is 0 Å². The summed E-state index contributed by atoms with van der Waals surface area (Å²) >= 11 is 0. The molecule has 0 spiro atoms. The highest BCUT2D eigenvalue weighted by Gasteiger charge is 2.28. The van der Waals surface area contributed by atoms with Crippen LogP contribution in [-0.2, 0) is 0 Å². The Bertz CT molecular complexity index is 187. The number of hydrogen-bond donors (Lipinski definition) is 2. The van der Waals surface area contributed by atoms with E-state index in [1.165, 1.54) is 25.7 Å². The van der Waals surface area contributed by atoms with Crippen LogP contribution in [0.1, 0.15) is 52.4 Å². The van der Waals surface area contributed by atoms with Crippen LogP contribution in [0, 0.1) is 0 Å². The summed E-state index contributed by atoms with van der Waals surface area (Å²) in [5, 5.41) is 9.56. The molecule has 0 saturated carbocycles. The van der Waals surface area contributed by atoms with E-state index in [1.54, 1.807) is 0 Å². The Labute approximate surface area is 100 Å². The number of rotatable bonds is 5. The number of hydrogen-bond acceptors (Lipinski definition) is 3. The number of nitrogens with two attached hydrogens (primary N) is 1. The molecule has 3 N–H and O–H groups in total. The molecular weight excluding hydrogens is 200 g/mol. The molecule has 16 heavy (non-hydrogen) atoms. The molecule has 3 atom stereocenters. The van der Waals surface area contributed by atoms with Gasteiger partial charge in [0.1, 0.15) is 0 Å². The van der Waals surface area contributed by atoms with Gasteiger partial charge < -0.3 is 10.8 Å². The van der Waals surface area contributed by atoms with E-state index in [2.05, 4.69) is 18.7 Å². The minimum Gasteiger partial charge on any atom is -0.395 e. The Morgan fingerprint density at radius 1 is 1.38 bits per heavy atom. The highest BCUT2D eigenvalue weighted by Crippen LogP contribution is 2.20. The first kappa shape index (κ1) is 13.9. The molecule has 1 fully saturated rings. The van der Waals surface area contributed by atoms with Crippen LogP contribution >= 0.6 is 0 Å². The Morgan fingerprint density at radius 3 is 2.75 bits per heavy atom. The van der Waals surface area contributed by atoms with Crippen LogP contribution < -0.4 is 5.73 Å². The van der Waals surface area contributed by atoms with E-state index in [9.17, 15) is 5.11 Å². The summed E-state index contributed by atoms with van der Waals surface area (Å²) in [4.78, 5) is 2.44. The third-order valence-electron chi connectivity index (χ3n) is 3.83. The zero-order chi connectivity index (χ0) is 12.0. The monoisotopic (exact) mass is 228 g/mol. The Kier molecular flexibility index (Phi) is 6.32. The van der Waals surface area contributed by atoms with Gasteiger partial charge in [0.2, 0.25) is 0 Å². The van der Waals surface area contributed by atoms with E-state index >= 15 is 0 Å². The molecule has 1 heterocycles. The van der Waals surface area contributed by atoms with Crippen LogP contribution in [0.15, 0.2) is 0 Å². The van der Waals surface area contributed by atoms with Crippen molar-refractivity contribution in [2.24, 2.45) is 5.73 Å². The topological polar surface area (TPSA) is 49.5 Å². The molecule has 1 saturated heterocycles. The van der Waals surface area contributed by atoms with Crippen LogP contribution in [-0.4, -0.2) is 41.3 Å². The lowest BCUT2D eigenvalue weighted by molar-refractivity contribution is 0.0726. The summed E-state index contributed by atoms with van der Waals surface area (Å²) in [6.45, 7) is 5.72. The summed E-state index contributed by atoms with van der Waals surface area (Å²) in [5.74, 6) is 0. The SMILES string of the molecule is CCCC(N)C(CO)N1CCCCCC1C. The Morgan fingerprint density at radius 2 is 2.12 bits per heavy atom. The van der Waals surface area contributed by atoms with Gasteiger partial charge in [-0.15, -0.1) is 0 Å². The molecule has 0 amide bonds. The zero-order valence-corrected chi connectivity index (χ0v) is 10.9. The van der Waals surface area contributed by atoms with Crippen molar-refractivity contribution in [3.8, 4) is 0 Å². The molecule has 0 aromatic heterocycles. The van der Waals surface area contributed by atoms with Crippen LogP contribution in [0.5, 0.6) is 0 Å². The van der Waals surface area contributed by atoms with E-state index in [4.69, 9.17) is 5.73 Å². The molecule has 0 aromatic carbocycles. The highest BCUT2D eigenvalue weighted by atomic mass is 16.3. The lowest BCUT2D eigenvalue weighted by Gasteiger charge is -2.37. The average Bonchev–Trinajstić information content (AvgIpc) is 2.46. The highest BCUT2D eigenvalue weighted by molar-refractivity contribution is 4.85. The van der Waals surface area contributed by atoms with Gasteiger partial charge in [0.05, 0.1) is 6.61 Å². The third kappa shape index (κ3) is 3.72. The molecular formula is C13H28N2O. The normalized spacial score (nSPS) is 27.4. The van der Waals surface area contributed by atoms with Gasteiger partial charge >= 0.3 is 0 Å². The second-order valence-corrected chi connectivity index (χ2v) is 5.14. The fourth-order valence-electron chi connectivity index (χ4n) is 2.80. The maximum Gasteiger partial charge on any atom is 0.0602 e. The van der Waals surface area contributed by atoms with Gasteiger partial charge in [0.15, 0.2) is 0 Å². The van der Waals surface area contributed by atoms with Crippen molar-refractivity contribution in [2.75, 3.05) is 13.2 Å². The van der Waals surface area contributed by atoms with Gasteiger partial charge in [-0.25, -0.2) is 0 Å². The van der Waals surface area contributed by atoms with E-state index in [0.29, 0.717) is 6.04 Å². The van der Waals surface area contributed by atoms with Crippen molar-refractivity contribution >= 4 is 0 Å². The van der Waals surface area contributed by atoms with E-state index in [1.807, 2.05) is 0 Å². The van der Waals surface area contributed by atoms with Gasteiger partial charge in [-0.05, 0) is 32.7 Å². The number of likely N-dealkylation sites (tertiary alicyclic amines) is 1. The van der Waals surface area contributed by atoms with E-state index in [-0.39, 0.29) is 18.7 Å². The number of aliphatic hydroxyl groups excluding tert-OH is 1. The van der Waals surface area contributed by atoms with Crippen molar-refractivity contribution in [1.82, 2.24) is 4.90 Å². The van der Waals surface area contributed by atoms with Crippen molar-refractivity contribution in [3.05, 3.63) is 0 Å². The molecule has 1 aliphatic rings. The van der Waals surface area contributed by atoms with Gasteiger partial charge in [-0.2, -0.15) is 0 Å². The first-order valence-corrected chi connectivity index (χ1v) is 6.82. The smallest absolute Gasteiger partial charge is 0.0602 e. The fraction of sp³-hybridized carbons (Fsp3) is 1.00. The maximum atomic E-state index is 9.56. The lowest BCUT2D eigenvalue weighted by atomic mass is 10.0. The molecule has 3 heteroatoms. The van der Waals surface area contributed by atoms with Crippen molar-refractivity contribution < 1.29 is 5.11 Å². The van der Waals surface area contributed by atoms with E-state index < -0.39 is 0 Å². The predicted octanol–water partition coefficient (Wildman–Crippen LogP) is 1.74. The molecule has 0 aromatic rings. The van der Waals surface area contributed by atoms with Crippen LogP contribution in [0.25, 0.3) is 0 Å². The predicted molar refractivity (Wildman–Crippen MR) is 68.4 cm³/mol. The minimum atomic E-state index is 0.121. The molecule has 3 unspecified atom stereocenters.